The SMILES string of the molecule is CC/C=C\C/C=C\C/C=C\C/C=C\C/C=C\C/C=C\C/C=C\CCCCCCCCCCCCCC(=O)OCC(COC(=O)CCCCCCCCCC)OC(=O)CCCCCCCCCCCCCC. The highest BCUT2D eigenvalue weighted by Gasteiger charge is 2.19. The Morgan fingerprint density at radius 3 is 0.859 bits per heavy atom. The zero-order valence-corrected chi connectivity index (χ0v) is 46.7. The number of ether oxygens (including phenoxy) is 3. The average molecular weight is 990 g/mol. The van der Waals surface area contributed by atoms with Crippen LogP contribution in [0, 0.1) is 0 Å². The third kappa shape index (κ3) is 57.4. The summed E-state index contributed by atoms with van der Waals surface area (Å²) in [6.45, 7) is 6.50. The molecule has 6 heteroatoms. The fourth-order valence-electron chi connectivity index (χ4n) is 8.42. The molecular weight excluding hydrogens is 877 g/mol. The lowest BCUT2D eigenvalue weighted by molar-refractivity contribution is -0.167. The lowest BCUT2D eigenvalue weighted by Gasteiger charge is -2.18. The van der Waals surface area contributed by atoms with Gasteiger partial charge in [-0.3, -0.25) is 14.4 Å². The van der Waals surface area contributed by atoms with Crippen molar-refractivity contribution >= 4 is 17.9 Å². The maximum absolute atomic E-state index is 12.8. The molecule has 0 bridgehead atoms. The number of allylic oxidation sites excluding steroid dienone is 14. The molecule has 0 heterocycles. The lowest BCUT2D eigenvalue weighted by Crippen LogP contribution is -2.30. The Balaban J connectivity index is 4.07. The van der Waals surface area contributed by atoms with E-state index >= 15 is 0 Å². The molecule has 0 saturated carbocycles. The molecule has 0 radical (unpaired) electrons. The van der Waals surface area contributed by atoms with Gasteiger partial charge in [0.25, 0.3) is 0 Å². The van der Waals surface area contributed by atoms with E-state index in [4.69, 9.17) is 14.2 Å². The highest BCUT2D eigenvalue weighted by atomic mass is 16.6. The maximum Gasteiger partial charge on any atom is 0.306 e. The molecule has 1 atom stereocenters. The standard InChI is InChI=1S/C65H112O6/c1-4-7-10-13-16-19-21-23-24-25-26-27-28-29-30-31-32-33-34-35-36-37-38-39-40-41-42-43-45-46-49-52-55-58-64(67)70-61-62(60-69-63(66)57-54-51-48-18-15-12-9-6-3)71-65(68)59-56-53-50-47-44-22-20-17-14-11-8-5-2/h7,10,16,19,23-24,26-27,29-30,32-33,35-36,62H,4-6,8-9,11-15,17-18,20-22,25,28,31,34,37-61H2,1-3H3/b10-7-,19-16-,24-23-,27-26-,30-29-,33-32-,36-35-. The Hall–Kier alpha value is -3.41. The molecule has 0 saturated heterocycles. The zero-order chi connectivity index (χ0) is 51.4. The van der Waals surface area contributed by atoms with E-state index in [0.717, 1.165) is 103 Å². The molecule has 0 amide bonds. The number of rotatable bonds is 54. The van der Waals surface area contributed by atoms with Gasteiger partial charge in [0, 0.05) is 19.3 Å². The number of carbonyl (C=O) groups is 3. The van der Waals surface area contributed by atoms with Gasteiger partial charge in [-0.25, -0.2) is 0 Å². The van der Waals surface area contributed by atoms with Crippen molar-refractivity contribution in [3.05, 3.63) is 85.1 Å². The fourth-order valence-corrected chi connectivity index (χ4v) is 8.42. The number of carbonyl (C=O) groups excluding carboxylic acids is 3. The number of hydrogen-bond acceptors (Lipinski definition) is 6. The van der Waals surface area contributed by atoms with Gasteiger partial charge in [0.05, 0.1) is 0 Å². The van der Waals surface area contributed by atoms with Crippen molar-refractivity contribution in [1.82, 2.24) is 0 Å². The maximum atomic E-state index is 12.8. The van der Waals surface area contributed by atoms with E-state index in [1.165, 1.54) is 148 Å². The molecule has 0 aromatic heterocycles. The molecule has 0 aliphatic heterocycles. The molecule has 0 aliphatic rings. The monoisotopic (exact) mass is 989 g/mol. The third-order valence-corrected chi connectivity index (χ3v) is 12.9. The second-order valence-electron chi connectivity index (χ2n) is 19.9. The second-order valence-corrected chi connectivity index (χ2v) is 19.9. The molecule has 0 aliphatic carbocycles. The van der Waals surface area contributed by atoms with Crippen LogP contribution in [0.4, 0.5) is 0 Å². The first-order valence-electron chi connectivity index (χ1n) is 30.1. The van der Waals surface area contributed by atoms with E-state index in [9.17, 15) is 14.4 Å². The van der Waals surface area contributed by atoms with Crippen molar-refractivity contribution in [2.24, 2.45) is 0 Å². The van der Waals surface area contributed by atoms with Crippen LogP contribution in [-0.2, 0) is 28.6 Å². The number of esters is 3. The van der Waals surface area contributed by atoms with E-state index in [1.807, 2.05) is 0 Å². The summed E-state index contributed by atoms with van der Waals surface area (Å²) in [7, 11) is 0. The van der Waals surface area contributed by atoms with Crippen LogP contribution in [0.3, 0.4) is 0 Å². The van der Waals surface area contributed by atoms with Crippen LogP contribution >= 0.6 is 0 Å². The van der Waals surface area contributed by atoms with Gasteiger partial charge < -0.3 is 14.2 Å². The minimum atomic E-state index is -0.771. The van der Waals surface area contributed by atoms with Crippen LogP contribution in [0.2, 0.25) is 0 Å². The van der Waals surface area contributed by atoms with Crippen molar-refractivity contribution < 1.29 is 28.6 Å². The molecule has 0 fully saturated rings. The first-order valence-corrected chi connectivity index (χ1v) is 30.1. The van der Waals surface area contributed by atoms with E-state index in [0.29, 0.717) is 19.3 Å². The normalized spacial score (nSPS) is 12.7. The van der Waals surface area contributed by atoms with Gasteiger partial charge in [0.1, 0.15) is 13.2 Å². The minimum Gasteiger partial charge on any atom is -0.462 e. The van der Waals surface area contributed by atoms with Gasteiger partial charge in [-0.2, -0.15) is 0 Å². The average Bonchev–Trinajstić information content (AvgIpc) is 3.37. The lowest BCUT2D eigenvalue weighted by atomic mass is 10.0. The van der Waals surface area contributed by atoms with Crippen molar-refractivity contribution in [1.29, 1.82) is 0 Å². The molecule has 1 unspecified atom stereocenters. The van der Waals surface area contributed by atoms with Crippen LogP contribution < -0.4 is 0 Å². The molecular formula is C65H112O6. The summed E-state index contributed by atoms with van der Waals surface area (Å²) < 4.78 is 16.8. The summed E-state index contributed by atoms with van der Waals surface area (Å²) >= 11 is 0. The van der Waals surface area contributed by atoms with E-state index in [1.54, 1.807) is 0 Å². The summed E-state index contributed by atoms with van der Waals surface area (Å²) in [5, 5.41) is 0. The minimum absolute atomic E-state index is 0.0724. The highest BCUT2D eigenvalue weighted by molar-refractivity contribution is 5.71. The molecule has 0 aromatic carbocycles. The topological polar surface area (TPSA) is 78.9 Å². The predicted molar refractivity (Wildman–Crippen MR) is 307 cm³/mol. The quantitative estimate of drug-likeness (QED) is 0.0261. The van der Waals surface area contributed by atoms with E-state index in [-0.39, 0.29) is 31.1 Å². The summed E-state index contributed by atoms with van der Waals surface area (Å²) in [6.07, 6.45) is 77.5. The Morgan fingerprint density at radius 1 is 0.296 bits per heavy atom. The van der Waals surface area contributed by atoms with Crippen LogP contribution in [0.5, 0.6) is 0 Å². The van der Waals surface area contributed by atoms with E-state index < -0.39 is 6.10 Å². The van der Waals surface area contributed by atoms with Crippen LogP contribution in [0.1, 0.15) is 290 Å². The molecule has 0 N–H and O–H groups in total. The number of hydrogen-bond donors (Lipinski definition) is 0. The van der Waals surface area contributed by atoms with Crippen molar-refractivity contribution in [2.75, 3.05) is 13.2 Å². The highest BCUT2D eigenvalue weighted by Crippen LogP contribution is 2.16. The van der Waals surface area contributed by atoms with E-state index in [2.05, 4.69) is 106 Å². The van der Waals surface area contributed by atoms with Gasteiger partial charge in [0.2, 0.25) is 0 Å². The molecule has 6 nitrogen and oxygen atoms in total. The second kappa shape index (κ2) is 59.2. The van der Waals surface area contributed by atoms with Gasteiger partial charge in [-0.05, 0) is 77.0 Å². The van der Waals surface area contributed by atoms with Gasteiger partial charge in [0.15, 0.2) is 6.10 Å². The number of unbranched alkanes of at least 4 members (excludes halogenated alkanes) is 29. The molecule has 408 valence electrons. The van der Waals surface area contributed by atoms with Crippen LogP contribution in [0.25, 0.3) is 0 Å². The first-order chi connectivity index (χ1) is 35.0. The molecule has 0 spiro atoms. The Labute approximate surface area is 439 Å². The fraction of sp³-hybridized carbons (Fsp3) is 0.738. The predicted octanol–water partition coefficient (Wildman–Crippen LogP) is 20.3. The van der Waals surface area contributed by atoms with Gasteiger partial charge >= 0.3 is 17.9 Å². The summed E-state index contributed by atoms with van der Waals surface area (Å²) in [5.74, 6) is -0.872. The van der Waals surface area contributed by atoms with Crippen molar-refractivity contribution in [3.63, 3.8) is 0 Å². The Morgan fingerprint density at radius 2 is 0.549 bits per heavy atom. The summed E-state index contributed by atoms with van der Waals surface area (Å²) in [6, 6.07) is 0. The third-order valence-electron chi connectivity index (χ3n) is 12.9. The largest absolute Gasteiger partial charge is 0.462 e. The molecule has 0 rings (SSSR count). The summed E-state index contributed by atoms with van der Waals surface area (Å²) in [5.41, 5.74) is 0. The van der Waals surface area contributed by atoms with Gasteiger partial charge in [-0.1, -0.05) is 279 Å². The summed E-state index contributed by atoms with van der Waals surface area (Å²) in [4.78, 5) is 37.9. The molecule has 71 heavy (non-hydrogen) atoms. The van der Waals surface area contributed by atoms with Crippen LogP contribution in [0.15, 0.2) is 85.1 Å². The van der Waals surface area contributed by atoms with Crippen molar-refractivity contribution in [2.45, 2.75) is 297 Å². The van der Waals surface area contributed by atoms with Crippen LogP contribution in [-0.4, -0.2) is 37.2 Å². The van der Waals surface area contributed by atoms with Gasteiger partial charge in [-0.15, -0.1) is 0 Å². The van der Waals surface area contributed by atoms with Crippen molar-refractivity contribution in [3.8, 4) is 0 Å². The molecule has 0 aromatic rings. The smallest absolute Gasteiger partial charge is 0.306 e. The zero-order valence-electron chi connectivity index (χ0n) is 46.7. The Kier molecular flexibility index (Phi) is 56.3. The first kappa shape index (κ1) is 67.6. The Bertz CT molecular complexity index is 1370.